The summed E-state index contributed by atoms with van der Waals surface area (Å²) in [6, 6.07) is 7.94. The minimum Gasteiger partial charge on any atom is -0.396 e. The average molecular weight is 254 g/mol. The molecule has 1 saturated carbocycles. The molecule has 0 bridgehead atoms. The second-order valence-electron chi connectivity index (χ2n) is 4.89. The maximum Gasteiger partial charge on any atom is 0.0462 e. The van der Waals surface area contributed by atoms with E-state index in [-0.39, 0.29) is 0 Å². The molecule has 0 radical (unpaired) electrons. The fourth-order valence-corrected chi connectivity index (χ4v) is 2.75. The summed E-state index contributed by atoms with van der Waals surface area (Å²) in [6.45, 7) is 2.23. The first-order valence-electron chi connectivity index (χ1n) is 6.35. The Bertz CT molecular complexity index is 339. The van der Waals surface area contributed by atoms with E-state index in [1.54, 1.807) is 0 Å². The van der Waals surface area contributed by atoms with E-state index >= 15 is 0 Å². The molecule has 1 aliphatic carbocycles. The van der Waals surface area contributed by atoms with Crippen molar-refractivity contribution in [1.29, 1.82) is 0 Å². The third-order valence-electron chi connectivity index (χ3n) is 3.70. The van der Waals surface area contributed by atoms with Crippen molar-refractivity contribution in [2.45, 2.75) is 25.8 Å². The Morgan fingerprint density at radius 2 is 1.88 bits per heavy atom. The van der Waals surface area contributed by atoms with Crippen molar-refractivity contribution in [3.8, 4) is 0 Å². The summed E-state index contributed by atoms with van der Waals surface area (Å²) in [4.78, 5) is 0. The second-order valence-corrected chi connectivity index (χ2v) is 5.33. The standard InChI is InChI=1S/C14H20ClNO/c15-14-6-4-11(5-7-14)8-16-9-12-2-1-3-13(12)10-17/h4-7,12-13,16-17H,1-3,8-10H2. The van der Waals surface area contributed by atoms with E-state index in [9.17, 15) is 5.11 Å². The van der Waals surface area contributed by atoms with E-state index in [1.807, 2.05) is 24.3 Å². The Hall–Kier alpha value is -0.570. The summed E-state index contributed by atoms with van der Waals surface area (Å²) in [5, 5.41) is 13.5. The monoisotopic (exact) mass is 253 g/mol. The van der Waals surface area contributed by atoms with Crippen LogP contribution >= 0.6 is 11.6 Å². The summed E-state index contributed by atoms with van der Waals surface area (Å²) in [5.41, 5.74) is 1.26. The van der Waals surface area contributed by atoms with E-state index in [1.165, 1.54) is 24.8 Å². The van der Waals surface area contributed by atoms with Gasteiger partial charge in [-0.3, -0.25) is 0 Å². The van der Waals surface area contributed by atoms with Crippen LogP contribution in [-0.2, 0) is 6.54 Å². The van der Waals surface area contributed by atoms with Crippen molar-refractivity contribution in [3.63, 3.8) is 0 Å². The first kappa shape index (κ1) is 12.9. The van der Waals surface area contributed by atoms with Crippen LogP contribution in [0.25, 0.3) is 0 Å². The van der Waals surface area contributed by atoms with Crippen LogP contribution in [0.5, 0.6) is 0 Å². The molecule has 2 atom stereocenters. The van der Waals surface area contributed by atoms with Crippen LogP contribution in [0.3, 0.4) is 0 Å². The normalized spacial score (nSPS) is 24.1. The topological polar surface area (TPSA) is 32.3 Å². The molecular weight excluding hydrogens is 234 g/mol. The largest absolute Gasteiger partial charge is 0.396 e. The van der Waals surface area contributed by atoms with Crippen LogP contribution in [0.1, 0.15) is 24.8 Å². The third kappa shape index (κ3) is 3.70. The van der Waals surface area contributed by atoms with Crippen LogP contribution in [-0.4, -0.2) is 18.3 Å². The lowest BCUT2D eigenvalue weighted by Crippen LogP contribution is -2.26. The highest BCUT2D eigenvalue weighted by molar-refractivity contribution is 6.30. The van der Waals surface area contributed by atoms with Gasteiger partial charge in [-0.15, -0.1) is 0 Å². The molecule has 0 aromatic heterocycles. The lowest BCUT2D eigenvalue weighted by atomic mass is 9.97. The van der Waals surface area contributed by atoms with Gasteiger partial charge in [0.25, 0.3) is 0 Å². The Morgan fingerprint density at radius 1 is 1.18 bits per heavy atom. The van der Waals surface area contributed by atoms with Gasteiger partial charge in [0.05, 0.1) is 0 Å². The Balaban J connectivity index is 1.74. The molecule has 2 N–H and O–H groups in total. The molecule has 3 heteroatoms. The van der Waals surface area contributed by atoms with E-state index in [4.69, 9.17) is 11.6 Å². The van der Waals surface area contributed by atoms with Crippen LogP contribution in [0, 0.1) is 11.8 Å². The van der Waals surface area contributed by atoms with Gasteiger partial charge >= 0.3 is 0 Å². The van der Waals surface area contributed by atoms with Gasteiger partial charge in [0.15, 0.2) is 0 Å². The fraction of sp³-hybridized carbons (Fsp3) is 0.571. The first-order valence-corrected chi connectivity index (χ1v) is 6.73. The van der Waals surface area contributed by atoms with Crippen LogP contribution in [0.15, 0.2) is 24.3 Å². The van der Waals surface area contributed by atoms with Gasteiger partial charge < -0.3 is 10.4 Å². The minimum absolute atomic E-state index is 0.341. The zero-order chi connectivity index (χ0) is 12.1. The van der Waals surface area contributed by atoms with E-state index in [0.717, 1.165) is 18.1 Å². The van der Waals surface area contributed by atoms with Crippen molar-refractivity contribution in [2.24, 2.45) is 11.8 Å². The summed E-state index contributed by atoms with van der Waals surface area (Å²) in [7, 11) is 0. The predicted molar refractivity (Wildman–Crippen MR) is 71.1 cm³/mol. The highest BCUT2D eigenvalue weighted by atomic mass is 35.5. The number of hydrogen-bond donors (Lipinski definition) is 2. The lowest BCUT2D eigenvalue weighted by Gasteiger charge is -2.17. The van der Waals surface area contributed by atoms with Crippen molar-refractivity contribution in [2.75, 3.05) is 13.2 Å². The number of halogens is 1. The van der Waals surface area contributed by atoms with Gasteiger partial charge in [-0.1, -0.05) is 30.2 Å². The summed E-state index contributed by atoms with van der Waals surface area (Å²) in [5.74, 6) is 1.15. The summed E-state index contributed by atoms with van der Waals surface area (Å²) in [6.07, 6.45) is 3.70. The molecule has 2 rings (SSSR count). The highest BCUT2D eigenvalue weighted by Crippen LogP contribution is 2.30. The molecule has 1 aromatic rings. The minimum atomic E-state index is 0.341. The molecule has 0 amide bonds. The van der Waals surface area contributed by atoms with Crippen LogP contribution in [0.2, 0.25) is 5.02 Å². The lowest BCUT2D eigenvalue weighted by molar-refractivity contribution is 0.192. The number of rotatable bonds is 5. The molecule has 0 spiro atoms. The third-order valence-corrected chi connectivity index (χ3v) is 3.95. The number of aliphatic hydroxyl groups is 1. The molecule has 0 aliphatic heterocycles. The number of hydrogen-bond acceptors (Lipinski definition) is 2. The van der Waals surface area contributed by atoms with E-state index < -0.39 is 0 Å². The molecular formula is C14H20ClNO. The molecule has 1 fully saturated rings. The number of aliphatic hydroxyl groups excluding tert-OH is 1. The molecule has 17 heavy (non-hydrogen) atoms. The molecule has 94 valence electrons. The van der Waals surface area contributed by atoms with Gasteiger partial charge in [-0.2, -0.15) is 0 Å². The first-order chi connectivity index (χ1) is 8.29. The van der Waals surface area contributed by atoms with Gasteiger partial charge in [-0.25, -0.2) is 0 Å². The maximum absolute atomic E-state index is 9.24. The highest BCUT2D eigenvalue weighted by Gasteiger charge is 2.25. The molecule has 0 saturated heterocycles. The summed E-state index contributed by atoms with van der Waals surface area (Å²) >= 11 is 5.84. The molecule has 1 aliphatic rings. The van der Waals surface area contributed by atoms with Crippen LogP contribution in [0.4, 0.5) is 0 Å². The van der Waals surface area contributed by atoms with Gasteiger partial charge in [0, 0.05) is 18.2 Å². The number of benzene rings is 1. The van der Waals surface area contributed by atoms with Crippen molar-refractivity contribution in [3.05, 3.63) is 34.9 Å². The zero-order valence-electron chi connectivity index (χ0n) is 10.0. The van der Waals surface area contributed by atoms with Gasteiger partial charge in [0.2, 0.25) is 0 Å². The Labute approximate surface area is 108 Å². The number of nitrogens with one attached hydrogen (secondary N) is 1. The smallest absolute Gasteiger partial charge is 0.0462 e. The summed E-state index contributed by atoms with van der Waals surface area (Å²) < 4.78 is 0. The quantitative estimate of drug-likeness (QED) is 0.846. The van der Waals surface area contributed by atoms with Crippen molar-refractivity contribution in [1.82, 2.24) is 5.32 Å². The maximum atomic E-state index is 9.24. The SMILES string of the molecule is OCC1CCCC1CNCc1ccc(Cl)cc1. The fourth-order valence-electron chi connectivity index (χ4n) is 2.63. The van der Waals surface area contributed by atoms with Gasteiger partial charge in [-0.05, 0) is 48.9 Å². The molecule has 2 unspecified atom stereocenters. The predicted octanol–water partition coefficient (Wildman–Crippen LogP) is 2.84. The van der Waals surface area contributed by atoms with Gasteiger partial charge in [0.1, 0.15) is 0 Å². The van der Waals surface area contributed by atoms with E-state index in [2.05, 4.69) is 5.32 Å². The molecule has 2 nitrogen and oxygen atoms in total. The Kier molecular flexibility index (Phi) is 4.84. The Morgan fingerprint density at radius 3 is 2.59 bits per heavy atom. The van der Waals surface area contributed by atoms with Crippen LogP contribution < -0.4 is 5.32 Å². The van der Waals surface area contributed by atoms with Crippen molar-refractivity contribution < 1.29 is 5.11 Å². The van der Waals surface area contributed by atoms with Crippen molar-refractivity contribution >= 4 is 11.6 Å². The zero-order valence-corrected chi connectivity index (χ0v) is 10.8. The van der Waals surface area contributed by atoms with E-state index in [0.29, 0.717) is 18.4 Å². The average Bonchev–Trinajstić information content (AvgIpc) is 2.79. The molecule has 1 aromatic carbocycles. The second kappa shape index (κ2) is 6.39. The molecule has 0 heterocycles.